The maximum atomic E-state index is 11.3. The lowest BCUT2D eigenvalue weighted by Gasteiger charge is -2.10. The predicted molar refractivity (Wildman–Crippen MR) is 62.6 cm³/mol. The fourth-order valence-corrected chi connectivity index (χ4v) is 1.41. The fourth-order valence-electron chi connectivity index (χ4n) is 1.41. The van der Waals surface area contributed by atoms with Gasteiger partial charge in [0.15, 0.2) is 0 Å². The second kappa shape index (κ2) is 9.97. The Bertz CT molecular complexity index is 160. The van der Waals surface area contributed by atoms with Gasteiger partial charge in [0.2, 0.25) is 0 Å². The van der Waals surface area contributed by atoms with Gasteiger partial charge in [-0.1, -0.05) is 46.0 Å². The Morgan fingerprint density at radius 1 is 1.13 bits per heavy atom. The SMILES string of the molecule is CCCCCCCOC(=O)[C@@H](N)CCC. The first-order chi connectivity index (χ1) is 7.22. The van der Waals surface area contributed by atoms with Crippen LogP contribution in [0, 0.1) is 0 Å². The van der Waals surface area contributed by atoms with Crippen molar-refractivity contribution in [3.63, 3.8) is 0 Å². The molecule has 0 radical (unpaired) electrons. The molecule has 0 bridgehead atoms. The first-order valence-corrected chi connectivity index (χ1v) is 6.14. The third-order valence-electron chi connectivity index (χ3n) is 2.39. The summed E-state index contributed by atoms with van der Waals surface area (Å²) in [4.78, 5) is 11.3. The van der Waals surface area contributed by atoms with Gasteiger partial charge in [-0.25, -0.2) is 0 Å². The van der Waals surface area contributed by atoms with Crippen molar-refractivity contribution in [1.82, 2.24) is 0 Å². The smallest absolute Gasteiger partial charge is 0.322 e. The molecule has 0 saturated carbocycles. The van der Waals surface area contributed by atoms with E-state index in [1.807, 2.05) is 6.92 Å². The monoisotopic (exact) mass is 215 g/mol. The lowest BCUT2D eigenvalue weighted by molar-refractivity contribution is -0.145. The Hall–Kier alpha value is -0.570. The summed E-state index contributed by atoms with van der Waals surface area (Å²) >= 11 is 0. The van der Waals surface area contributed by atoms with Crippen LogP contribution in [0.2, 0.25) is 0 Å². The lowest BCUT2D eigenvalue weighted by Crippen LogP contribution is -2.32. The number of unbranched alkanes of at least 4 members (excludes halogenated alkanes) is 4. The van der Waals surface area contributed by atoms with E-state index in [2.05, 4.69) is 6.92 Å². The molecule has 0 aromatic rings. The number of hydrogen-bond acceptors (Lipinski definition) is 3. The summed E-state index contributed by atoms with van der Waals surface area (Å²) in [5, 5.41) is 0. The van der Waals surface area contributed by atoms with Crippen LogP contribution in [-0.4, -0.2) is 18.6 Å². The second-order valence-corrected chi connectivity index (χ2v) is 3.98. The van der Waals surface area contributed by atoms with Crippen molar-refractivity contribution < 1.29 is 9.53 Å². The summed E-state index contributed by atoms with van der Waals surface area (Å²) in [5.74, 6) is -0.243. The number of ether oxygens (including phenoxy) is 1. The molecule has 0 aliphatic rings. The van der Waals surface area contributed by atoms with E-state index in [1.54, 1.807) is 0 Å². The van der Waals surface area contributed by atoms with E-state index in [1.165, 1.54) is 19.3 Å². The van der Waals surface area contributed by atoms with Crippen LogP contribution >= 0.6 is 0 Å². The quantitative estimate of drug-likeness (QED) is 0.475. The molecule has 0 aliphatic carbocycles. The zero-order valence-electron chi connectivity index (χ0n) is 10.1. The van der Waals surface area contributed by atoms with Gasteiger partial charge in [0.1, 0.15) is 6.04 Å². The minimum atomic E-state index is -0.425. The topological polar surface area (TPSA) is 52.3 Å². The van der Waals surface area contributed by atoms with Gasteiger partial charge in [0.25, 0.3) is 0 Å². The highest BCUT2D eigenvalue weighted by Gasteiger charge is 2.12. The molecule has 0 unspecified atom stereocenters. The third kappa shape index (κ3) is 8.43. The Morgan fingerprint density at radius 3 is 2.40 bits per heavy atom. The molecule has 2 N–H and O–H groups in total. The van der Waals surface area contributed by atoms with Gasteiger partial charge in [0, 0.05) is 0 Å². The average Bonchev–Trinajstić information content (AvgIpc) is 2.23. The van der Waals surface area contributed by atoms with E-state index in [9.17, 15) is 4.79 Å². The highest BCUT2D eigenvalue weighted by molar-refractivity contribution is 5.75. The summed E-state index contributed by atoms with van der Waals surface area (Å²) in [5.41, 5.74) is 5.62. The minimum Gasteiger partial charge on any atom is -0.465 e. The molecule has 0 fully saturated rings. The first kappa shape index (κ1) is 14.4. The van der Waals surface area contributed by atoms with Crippen molar-refractivity contribution in [2.75, 3.05) is 6.61 Å². The number of nitrogens with two attached hydrogens (primary N) is 1. The molecule has 3 nitrogen and oxygen atoms in total. The zero-order chi connectivity index (χ0) is 11.5. The highest BCUT2D eigenvalue weighted by Crippen LogP contribution is 2.03. The molecule has 0 spiro atoms. The number of carbonyl (C=O) groups excluding carboxylic acids is 1. The molecule has 0 amide bonds. The van der Waals surface area contributed by atoms with Gasteiger partial charge in [0.05, 0.1) is 6.61 Å². The Balaban J connectivity index is 3.30. The number of carbonyl (C=O) groups is 1. The highest BCUT2D eigenvalue weighted by atomic mass is 16.5. The molecule has 3 heteroatoms. The molecule has 1 atom stereocenters. The first-order valence-electron chi connectivity index (χ1n) is 6.14. The predicted octanol–water partition coefficient (Wildman–Crippen LogP) is 2.63. The summed E-state index contributed by atoms with van der Waals surface area (Å²) < 4.78 is 5.07. The molecule has 0 aliphatic heterocycles. The van der Waals surface area contributed by atoms with Crippen molar-refractivity contribution >= 4 is 5.97 Å². The van der Waals surface area contributed by atoms with Crippen LogP contribution in [0.5, 0.6) is 0 Å². The van der Waals surface area contributed by atoms with Crippen molar-refractivity contribution in [3.05, 3.63) is 0 Å². The molecule has 90 valence electrons. The minimum absolute atomic E-state index is 0.243. The van der Waals surface area contributed by atoms with E-state index in [-0.39, 0.29) is 5.97 Å². The zero-order valence-corrected chi connectivity index (χ0v) is 10.1. The van der Waals surface area contributed by atoms with Crippen molar-refractivity contribution in [3.8, 4) is 0 Å². The van der Waals surface area contributed by atoms with Crippen LogP contribution in [0.3, 0.4) is 0 Å². The van der Waals surface area contributed by atoms with Gasteiger partial charge < -0.3 is 10.5 Å². The normalized spacial score (nSPS) is 12.5. The molecule has 0 heterocycles. The standard InChI is InChI=1S/C12H25NO2/c1-3-5-6-7-8-10-15-12(14)11(13)9-4-2/h11H,3-10,13H2,1-2H3/t11-/m0/s1. The average molecular weight is 215 g/mol. The molecular formula is C12H25NO2. The Kier molecular flexibility index (Phi) is 9.59. The molecule has 15 heavy (non-hydrogen) atoms. The van der Waals surface area contributed by atoms with Crippen molar-refractivity contribution in [2.45, 2.75) is 64.8 Å². The third-order valence-corrected chi connectivity index (χ3v) is 2.39. The van der Waals surface area contributed by atoms with Gasteiger partial charge in [-0.15, -0.1) is 0 Å². The van der Waals surface area contributed by atoms with Crippen LogP contribution in [0.1, 0.15) is 58.8 Å². The summed E-state index contributed by atoms with van der Waals surface area (Å²) in [7, 11) is 0. The van der Waals surface area contributed by atoms with E-state index in [0.717, 1.165) is 19.3 Å². The lowest BCUT2D eigenvalue weighted by atomic mass is 10.1. The summed E-state index contributed by atoms with van der Waals surface area (Å²) in [6, 6.07) is -0.425. The molecule has 0 rings (SSSR count). The summed E-state index contributed by atoms with van der Waals surface area (Å²) in [6.45, 7) is 4.72. The van der Waals surface area contributed by atoms with Gasteiger partial charge >= 0.3 is 5.97 Å². The largest absolute Gasteiger partial charge is 0.465 e. The van der Waals surface area contributed by atoms with Crippen LogP contribution < -0.4 is 5.73 Å². The number of esters is 1. The molecular weight excluding hydrogens is 190 g/mol. The van der Waals surface area contributed by atoms with Gasteiger partial charge in [-0.05, 0) is 12.8 Å². The van der Waals surface area contributed by atoms with Crippen LogP contribution in [0.4, 0.5) is 0 Å². The van der Waals surface area contributed by atoms with Crippen molar-refractivity contribution in [1.29, 1.82) is 0 Å². The maximum absolute atomic E-state index is 11.3. The molecule has 0 aromatic carbocycles. The Morgan fingerprint density at radius 2 is 1.80 bits per heavy atom. The molecule has 0 aromatic heterocycles. The second-order valence-electron chi connectivity index (χ2n) is 3.98. The maximum Gasteiger partial charge on any atom is 0.322 e. The van der Waals surface area contributed by atoms with E-state index >= 15 is 0 Å². The number of hydrogen-bond donors (Lipinski definition) is 1. The Labute approximate surface area is 93.4 Å². The fraction of sp³-hybridized carbons (Fsp3) is 0.917. The van der Waals surface area contributed by atoms with Crippen molar-refractivity contribution in [2.24, 2.45) is 5.73 Å². The van der Waals surface area contributed by atoms with E-state index < -0.39 is 6.04 Å². The van der Waals surface area contributed by atoms with E-state index in [0.29, 0.717) is 13.0 Å². The summed E-state index contributed by atoms with van der Waals surface area (Å²) in [6.07, 6.45) is 7.48. The van der Waals surface area contributed by atoms with Crippen LogP contribution in [-0.2, 0) is 9.53 Å². The number of rotatable bonds is 9. The van der Waals surface area contributed by atoms with Gasteiger partial charge in [-0.2, -0.15) is 0 Å². The van der Waals surface area contributed by atoms with Crippen LogP contribution in [0.25, 0.3) is 0 Å². The van der Waals surface area contributed by atoms with Crippen LogP contribution in [0.15, 0.2) is 0 Å². The molecule has 0 saturated heterocycles. The van der Waals surface area contributed by atoms with Gasteiger partial charge in [-0.3, -0.25) is 4.79 Å². The van der Waals surface area contributed by atoms with E-state index in [4.69, 9.17) is 10.5 Å².